The molecule has 2 aromatic rings. The Balaban J connectivity index is 1.99. The van der Waals surface area contributed by atoms with Gasteiger partial charge in [-0.2, -0.15) is 4.57 Å². The predicted molar refractivity (Wildman–Crippen MR) is 167 cm³/mol. The lowest BCUT2D eigenvalue weighted by molar-refractivity contribution is -0.708. The van der Waals surface area contributed by atoms with Crippen molar-refractivity contribution in [1.82, 2.24) is 0 Å². The summed E-state index contributed by atoms with van der Waals surface area (Å²) in [5.74, 6) is 0.160. The van der Waals surface area contributed by atoms with E-state index >= 15 is 0 Å². The average Bonchev–Trinajstić information content (AvgIpc) is 2.92. The second-order valence-electron chi connectivity index (χ2n) is 11.7. The highest BCUT2D eigenvalue weighted by Crippen LogP contribution is 2.30. The van der Waals surface area contributed by atoms with E-state index in [4.69, 9.17) is 9.47 Å². The molecule has 0 aliphatic rings. The number of esters is 2. The minimum atomic E-state index is -0.267. The van der Waals surface area contributed by atoms with Crippen LogP contribution in [0.3, 0.4) is 0 Å². The van der Waals surface area contributed by atoms with Gasteiger partial charge in [-0.05, 0) is 43.0 Å². The molecule has 0 atom stereocenters. The van der Waals surface area contributed by atoms with Gasteiger partial charge in [0.25, 0.3) is 0 Å². The first-order valence-corrected chi connectivity index (χ1v) is 16.4. The zero-order valence-corrected chi connectivity index (χ0v) is 26.7. The molecule has 0 radical (unpaired) electrons. The maximum atomic E-state index is 12.7. The topological polar surface area (TPSA) is 56.5 Å². The highest BCUT2D eigenvalue weighted by Gasteiger charge is 2.17. The number of pyridine rings is 1. The molecule has 0 saturated carbocycles. The molecule has 0 spiro atoms. The van der Waals surface area contributed by atoms with Crippen LogP contribution in [0.4, 0.5) is 0 Å². The van der Waals surface area contributed by atoms with Crippen LogP contribution in [0.15, 0.2) is 30.3 Å². The number of nitrogens with zero attached hydrogens (tertiary/aromatic N) is 1. The van der Waals surface area contributed by atoms with Gasteiger partial charge in [0, 0.05) is 45.2 Å². The molecule has 0 unspecified atom stereocenters. The number of unbranched alkanes of at least 4 members (excludes halogenated alkanes) is 12. The van der Waals surface area contributed by atoms with E-state index in [1.165, 1.54) is 68.3 Å². The van der Waals surface area contributed by atoms with Gasteiger partial charge in [-0.1, -0.05) is 97.0 Å². The van der Waals surface area contributed by atoms with Crippen molar-refractivity contribution < 1.29 is 23.6 Å². The van der Waals surface area contributed by atoms with Crippen LogP contribution in [0.5, 0.6) is 11.5 Å². The summed E-state index contributed by atoms with van der Waals surface area (Å²) in [4.78, 5) is 25.4. The summed E-state index contributed by atoms with van der Waals surface area (Å²) in [7, 11) is 0. The van der Waals surface area contributed by atoms with E-state index in [0.29, 0.717) is 24.3 Å². The highest BCUT2D eigenvalue weighted by molar-refractivity contribution is 5.76. The quantitative estimate of drug-likeness (QED) is 0.0654. The fourth-order valence-electron chi connectivity index (χ4n) is 5.40. The number of rotatable bonds is 21. The van der Waals surface area contributed by atoms with Gasteiger partial charge >= 0.3 is 11.9 Å². The molecule has 0 aliphatic carbocycles. The number of benzene rings is 1. The summed E-state index contributed by atoms with van der Waals surface area (Å²) in [6.07, 6.45) is 17.6. The molecule has 1 heterocycles. The van der Waals surface area contributed by atoms with Crippen molar-refractivity contribution in [2.75, 3.05) is 0 Å². The van der Waals surface area contributed by atoms with E-state index in [1.54, 1.807) is 6.07 Å². The van der Waals surface area contributed by atoms with Crippen molar-refractivity contribution in [2.24, 2.45) is 0 Å². The maximum Gasteiger partial charge on any atom is 0.311 e. The van der Waals surface area contributed by atoms with Crippen LogP contribution in [0.2, 0.25) is 0 Å². The van der Waals surface area contributed by atoms with Gasteiger partial charge in [-0.15, -0.1) is 0 Å². The third kappa shape index (κ3) is 14.2. The third-order valence-electron chi connectivity index (χ3n) is 7.77. The molecule has 0 bridgehead atoms. The second-order valence-corrected chi connectivity index (χ2v) is 11.7. The van der Waals surface area contributed by atoms with Gasteiger partial charge in [0.2, 0.25) is 0 Å². The molecule has 2 rings (SSSR count). The number of hydrogen-bond donors (Lipinski definition) is 0. The Labute approximate surface area is 250 Å². The van der Waals surface area contributed by atoms with E-state index < -0.39 is 0 Å². The smallest absolute Gasteiger partial charge is 0.311 e. The minimum absolute atomic E-state index is 0.264. The SMILES string of the molecule is CCCCCCCCCC(=O)Oc1ccc(CC[n+]2c(C)cc(C)cc2C)cc1OC(=O)CCCCCCCCC. The standard InChI is InChI=1S/C36H56NO4/c1-6-8-10-12-14-16-18-20-35(38)40-33-23-22-32(24-25-37-30(4)26-29(3)27-31(37)5)28-34(33)41-36(39)21-19-17-15-13-11-9-7-2/h22-23,26-28H,6-21,24-25H2,1-5H3/q+1. The Hall–Kier alpha value is -2.69. The molecule has 0 fully saturated rings. The first kappa shape index (κ1) is 34.5. The van der Waals surface area contributed by atoms with Crippen LogP contribution in [-0.4, -0.2) is 11.9 Å². The Bertz CT molecular complexity index is 1040. The summed E-state index contributed by atoms with van der Waals surface area (Å²) < 4.78 is 13.8. The average molecular weight is 567 g/mol. The van der Waals surface area contributed by atoms with E-state index in [2.05, 4.69) is 51.3 Å². The zero-order valence-electron chi connectivity index (χ0n) is 26.7. The molecule has 1 aromatic heterocycles. The zero-order chi connectivity index (χ0) is 29.9. The number of aromatic nitrogens is 1. The molecular weight excluding hydrogens is 510 g/mol. The van der Waals surface area contributed by atoms with Gasteiger partial charge in [0.05, 0.1) is 0 Å². The van der Waals surface area contributed by atoms with E-state index in [9.17, 15) is 9.59 Å². The first-order valence-electron chi connectivity index (χ1n) is 16.4. The van der Waals surface area contributed by atoms with Crippen molar-refractivity contribution in [1.29, 1.82) is 0 Å². The van der Waals surface area contributed by atoms with Gasteiger partial charge in [-0.25, -0.2) is 0 Å². The lowest BCUT2D eigenvalue weighted by atomic mass is 10.1. The van der Waals surface area contributed by atoms with Gasteiger partial charge in [0.15, 0.2) is 29.4 Å². The summed E-state index contributed by atoms with van der Waals surface area (Å²) >= 11 is 0. The normalized spacial score (nSPS) is 11.0. The number of hydrogen-bond acceptors (Lipinski definition) is 4. The first-order chi connectivity index (χ1) is 19.8. The van der Waals surface area contributed by atoms with Crippen LogP contribution >= 0.6 is 0 Å². The Kier molecular flexibility index (Phi) is 17.0. The van der Waals surface area contributed by atoms with Gasteiger partial charge < -0.3 is 9.47 Å². The lowest BCUT2D eigenvalue weighted by Crippen LogP contribution is -2.41. The van der Waals surface area contributed by atoms with Crippen LogP contribution in [0.1, 0.15) is 139 Å². The van der Waals surface area contributed by atoms with Crippen molar-refractivity contribution in [3.05, 3.63) is 52.8 Å². The monoisotopic (exact) mass is 566 g/mol. The van der Waals surface area contributed by atoms with Crippen LogP contribution in [0.25, 0.3) is 0 Å². The lowest BCUT2D eigenvalue weighted by Gasteiger charge is -2.13. The molecule has 0 aliphatic heterocycles. The Morgan fingerprint density at radius 2 is 1.07 bits per heavy atom. The molecule has 5 nitrogen and oxygen atoms in total. The summed E-state index contributed by atoms with van der Waals surface area (Å²) in [5.41, 5.74) is 4.75. The molecule has 0 amide bonds. The molecule has 1 aromatic carbocycles. The molecule has 5 heteroatoms. The second kappa shape index (κ2) is 20.2. The van der Waals surface area contributed by atoms with E-state index in [0.717, 1.165) is 57.1 Å². The largest absolute Gasteiger partial charge is 0.423 e. The molecule has 228 valence electrons. The molecular formula is C36H56NO4+. The van der Waals surface area contributed by atoms with Crippen LogP contribution < -0.4 is 14.0 Å². The van der Waals surface area contributed by atoms with Crippen LogP contribution in [-0.2, 0) is 22.6 Å². The number of ether oxygens (including phenoxy) is 2. The van der Waals surface area contributed by atoms with Crippen molar-refractivity contribution in [3.8, 4) is 11.5 Å². The third-order valence-corrected chi connectivity index (χ3v) is 7.77. The number of carbonyl (C=O) groups is 2. The fourth-order valence-corrected chi connectivity index (χ4v) is 5.40. The maximum absolute atomic E-state index is 12.7. The Morgan fingerprint density at radius 1 is 0.610 bits per heavy atom. The van der Waals surface area contributed by atoms with Gasteiger partial charge in [-0.3, -0.25) is 9.59 Å². The van der Waals surface area contributed by atoms with Crippen LogP contribution in [0, 0.1) is 20.8 Å². The summed E-state index contributed by atoms with van der Waals surface area (Å²) in [6.45, 7) is 11.6. The van der Waals surface area contributed by atoms with E-state index in [1.807, 2.05) is 12.1 Å². The predicted octanol–water partition coefficient (Wildman–Crippen LogP) is 9.23. The number of aryl methyl sites for hydroxylation is 4. The summed E-state index contributed by atoms with van der Waals surface area (Å²) in [5, 5.41) is 0. The van der Waals surface area contributed by atoms with Crippen molar-refractivity contribution in [3.63, 3.8) is 0 Å². The van der Waals surface area contributed by atoms with Crippen molar-refractivity contribution in [2.45, 2.75) is 150 Å². The van der Waals surface area contributed by atoms with Gasteiger partial charge in [0.1, 0.15) is 0 Å². The molecule has 0 N–H and O–H groups in total. The molecule has 41 heavy (non-hydrogen) atoms. The Morgan fingerprint density at radius 3 is 1.59 bits per heavy atom. The highest BCUT2D eigenvalue weighted by atomic mass is 16.6. The fraction of sp³-hybridized carbons (Fsp3) is 0.639. The van der Waals surface area contributed by atoms with E-state index in [-0.39, 0.29) is 11.9 Å². The number of carbonyl (C=O) groups excluding carboxylic acids is 2. The summed E-state index contributed by atoms with van der Waals surface area (Å²) in [6, 6.07) is 10.0. The van der Waals surface area contributed by atoms with Crippen molar-refractivity contribution >= 4 is 11.9 Å². The molecule has 0 saturated heterocycles. The minimum Gasteiger partial charge on any atom is -0.423 e.